The van der Waals surface area contributed by atoms with Crippen LogP contribution in [0.1, 0.15) is 32.6 Å². The van der Waals surface area contributed by atoms with E-state index in [-0.39, 0.29) is 5.91 Å². The standard InChI is InChI=1S/C12H24N2OS/c1-4-16-11-6-5-10(9-11)13-8-7-12(15)14(2)3/h10-11,13H,4-9H2,1-3H3. The van der Waals surface area contributed by atoms with Gasteiger partial charge in [-0.2, -0.15) is 11.8 Å². The maximum absolute atomic E-state index is 11.4. The minimum atomic E-state index is 0.213. The van der Waals surface area contributed by atoms with Gasteiger partial charge in [0.05, 0.1) is 0 Å². The molecule has 1 fully saturated rings. The van der Waals surface area contributed by atoms with Crippen molar-refractivity contribution in [1.82, 2.24) is 10.2 Å². The summed E-state index contributed by atoms with van der Waals surface area (Å²) < 4.78 is 0. The summed E-state index contributed by atoms with van der Waals surface area (Å²) in [5.41, 5.74) is 0. The van der Waals surface area contributed by atoms with Crippen LogP contribution in [0.5, 0.6) is 0 Å². The second-order valence-electron chi connectivity index (χ2n) is 4.58. The molecular formula is C12H24N2OS. The molecule has 94 valence electrons. The van der Waals surface area contributed by atoms with E-state index in [1.165, 1.54) is 25.0 Å². The third-order valence-corrected chi connectivity index (χ3v) is 4.29. The molecule has 0 radical (unpaired) electrons. The number of hydrogen-bond donors (Lipinski definition) is 1. The van der Waals surface area contributed by atoms with Crippen molar-refractivity contribution in [2.75, 3.05) is 26.4 Å². The molecule has 1 rings (SSSR count). The number of thioether (sulfide) groups is 1. The molecule has 3 nitrogen and oxygen atoms in total. The van der Waals surface area contributed by atoms with Crippen LogP contribution >= 0.6 is 11.8 Å². The van der Waals surface area contributed by atoms with Gasteiger partial charge < -0.3 is 10.2 Å². The Labute approximate surface area is 103 Å². The van der Waals surface area contributed by atoms with Crippen LogP contribution in [0.15, 0.2) is 0 Å². The molecular weight excluding hydrogens is 220 g/mol. The smallest absolute Gasteiger partial charge is 0.223 e. The van der Waals surface area contributed by atoms with E-state index in [0.717, 1.165) is 11.8 Å². The molecule has 0 heterocycles. The zero-order valence-corrected chi connectivity index (χ0v) is 11.5. The molecule has 1 aliphatic carbocycles. The highest BCUT2D eigenvalue weighted by Gasteiger charge is 2.23. The van der Waals surface area contributed by atoms with E-state index >= 15 is 0 Å². The van der Waals surface area contributed by atoms with Gasteiger partial charge in [0.25, 0.3) is 0 Å². The molecule has 0 aromatic heterocycles. The van der Waals surface area contributed by atoms with E-state index in [1.54, 1.807) is 4.90 Å². The van der Waals surface area contributed by atoms with E-state index in [4.69, 9.17) is 0 Å². The van der Waals surface area contributed by atoms with Crippen molar-refractivity contribution in [3.05, 3.63) is 0 Å². The van der Waals surface area contributed by atoms with Crippen molar-refractivity contribution in [3.8, 4) is 0 Å². The first-order chi connectivity index (χ1) is 7.63. The van der Waals surface area contributed by atoms with Gasteiger partial charge in [-0.1, -0.05) is 6.92 Å². The third kappa shape index (κ3) is 4.74. The number of nitrogens with one attached hydrogen (secondary N) is 1. The number of carbonyl (C=O) groups is 1. The molecule has 0 aliphatic heterocycles. The van der Waals surface area contributed by atoms with Crippen LogP contribution in [-0.4, -0.2) is 48.5 Å². The Morgan fingerprint density at radius 3 is 2.81 bits per heavy atom. The van der Waals surface area contributed by atoms with Gasteiger partial charge in [-0.05, 0) is 25.0 Å². The number of nitrogens with zero attached hydrogens (tertiary/aromatic N) is 1. The molecule has 1 amide bonds. The first-order valence-electron chi connectivity index (χ1n) is 6.18. The predicted molar refractivity (Wildman–Crippen MR) is 70.9 cm³/mol. The van der Waals surface area contributed by atoms with Crippen LogP contribution in [0.3, 0.4) is 0 Å². The van der Waals surface area contributed by atoms with Crippen LogP contribution in [0, 0.1) is 0 Å². The molecule has 2 unspecified atom stereocenters. The summed E-state index contributed by atoms with van der Waals surface area (Å²) in [5.74, 6) is 1.43. The largest absolute Gasteiger partial charge is 0.349 e. The monoisotopic (exact) mass is 244 g/mol. The van der Waals surface area contributed by atoms with E-state index in [1.807, 2.05) is 14.1 Å². The van der Waals surface area contributed by atoms with E-state index < -0.39 is 0 Å². The Morgan fingerprint density at radius 1 is 1.44 bits per heavy atom. The van der Waals surface area contributed by atoms with Crippen molar-refractivity contribution in [3.63, 3.8) is 0 Å². The lowest BCUT2D eigenvalue weighted by molar-refractivity contribution is -0.128. The summed E-state index contributed by atoms with van der Waals surface area (Å²) in [6.07, 6.45) is 4.50. The van der Waals surface area contributed by atoms with Crippen LogP contribution in [-0.2, 0) is 4.79 Å². The summed E-state index contributed by atoms with van der Waals surface area (Å²) >= 11 is 2.07. The molecule has 2 atom stereocenters. The quantitative estimate of drug-likeness (QED) is 0.772. The Kier molecular flexibility index (Phi) is 6.21. The summed E-state index contributed by atoms with van der Waals surface area (Å²) in [4.78, 5) is 13.0. The van der Waals surface area contributed by atoms with Gasteiger partial charge in [0, 0.05) is 38.4 Å². The van der Waals surface area contributed by atoms with Crippen LogP contribution in [0.25, 0.3) is 0 Å². The van der Waals surface area contributed by atoms with Crippen molar-refractivity contribution >= 4 is 17.7 Å². The maximum atomic E-state index is 11.4. The first-order valence-corrected chi connectivity index (χ1v) is 7.23. The molecule has 16 heavy (non-hydrogen) atoms. The van der Waals surface area contributed by atoms with Gasteiger partial charge in [-0.25, -0.2) is 0 Å². The summed E-state index contributed by atoms with van der Waals surface area (Å²) in [6, 6.07) is 0.638. The van der Waals surface area contributed by atoms with Gasteiger partial charge in [0.2, 0.25) is 5.91 Å². The minimum Gasteiger partial charge on any atom is -0.349 e. The van der Waals surface area contributed by atoms with Crippen molar-refractivity contribution in [1.29, 1.82) is 0 Å². The summed E-state index contributed by atoms with van der Waals surface area (Å²) in [7, 11) is 3.62. The molecule has 0 saturated heterocycles. The van der Waals surface area contributed by atoms with Crippen LogP contribution in [0.2, 0.25) is 0 Å². The van der Waals surface area contributed by atoms with E-state index in [9.17, 15) is 4.79 Å². The predicted octanol–water partition coefficient (Wildman–Crippen LogP) is 1.73. The normalized spacial score (nSPS) is 24.7. The molecule has 1 N–H and O–H groups in total. The molecule has 0 bridgehead atoms. The summed E-state index contributed by atoms with van der Waals surface area (Å²) in [6.45, 7) is 3.05. The van der Waals surface area contributed by atoms with E-state index in [2.05, 4.69) is 24.0 Å². The minimum absolute atomic E-state index is 0.213. The highest BCUT2D eigenvalue weighted by molar-refractivity contribution is 7.99. The van der Waals surface area contributed by atoms with Gasteiger partial charge in [0.1, 0.15) is 0 Å². The zero-order chi connectivity index (χ0) is 12.0. The fourth-order valence-corrected chi connectivity index (χ4v) is 3.26. The average Bonchev–Trinajstić information content (AvgIpc) is 2.66. The fourth-order valence-electron chi connectivity index (χ4n) is 2.12. The van der Waals surface area contributed by atoms with E-state index in [0.29, 0.717) is 12.5 Å². The second kappa shape index (κ2) is 7.17. The lowest BCUT2D eigenvalue weighted by Crippen LogP contribution is -2.32. The highest BCUT2D eigenvalue weighted by Crippen LogP contribution is 2.29. The Morgan fingerprint density at radius 2 is 2.19 bits per heavy atom. The average molecular weight is 244 g/mol. The van der Waals surface area contributed by atoms with Crippen molar-refractivity contribution in [2.45, 2.75) is 43.9 Å². The fraction of sp³-hybridized carbons (Fsp3) is 0.917. The van der Waals surface area contributed by atoms with Gasteiger partial charge >= 0.3 is 0 Å². The Hall–Kier alpha value is -0.220. The topological polar surface area (TPSA) is 32.3 Å². The Balaban J connectivity index is 2.09. The lowest BCUT2D eigenvalue weighted by atomic mass is 10.2. The molecule has 0 aromatic carbocycles. The zero-order valence-electron chi connectivity index (χ0n) is 10.7. The van der Waals surface area contributed by atoms with Crippen molar-refractivity contribution in [2.24, 2.45) is 0 Å². The van der Waals surface area contributed by atoms with Crippen molar-refractivity contribution < 1.29 is 4.79 Å². The number of carbonyl (C=O) groups excluding carboxylic acids is 1. The SMILES string of the molecule is CCSC1CCC(NCCC(=O)N(C)C)C1. The molecule has 1 aliphatic rings. The molecule has 1 saturated carbocycles. The molecule has 4 heteroatoms. The second-order valence-corrected chi connectivity index (χ2v) is 6.16. The lowest BCUT2D eigenvalue weighted by Gasteiger charge is -2.14. The summed E-state index contributed by atoms with van der Waals surface area (Å²) in [5, 5.41) is 4.33. The van der Waals surface area contributed by atoms with Gasteiger partial charge in [-0.3, -0.25) is 4.79 Å². The van der Waals surface area contributed by atoms with Gasteiger partial charge in [-0.15, -0.1) is 0 Å². The molecule has 0 aromatic rings. The van der Waals surface area contributed by atoms with Gasteiger partial charge in [0.15, 0.2) is 0 Å². The highest BCUT2D eigenvalue weighted by atomic mass is 32.2. The number of hydrogen-bond acceptors (Lipinski definition) is 3. The maximum Gasteiger partial charge on any atom is 0.223 e. The third-order valence-electron chi connectivity index (χ3n) is 3.06. The first kappa shape index (κ1) is 13.8. The Bertz CT molecular complexity index is 221. The van der Waals surface area contributed by atoms with Crippen LogP contribution < -0.4 is 5.32 Å². The van der Waals surface area contributed by atoms with Crippen LogP contribution in [0.4, 0.5) is 0 Å². The number of rotatable bonds is 6. The molecule has 0 spiro atoms. The number of amides is 1.